The average Bonchev–Trinajstić information content (AvgIpc) is 3.71. The van der Waals surface area contributed by atoms with Gasteiger partial charge in [-0.15, -0.1) is 0 Å². The van der Waals surface area contributed by atoms with Crippen LogP contribution in [-0.2, 0) is 57.6 Å². The number of aryl methyl sites for hydroxylation is 1. The number of carbonyl (C=O) groups is 1. The Labute approximate surface area is 380 Å². The van der Waals surface area contributed by atoms with E-state index in [2.05, 4.69) is 19.9 Å². The van der Waals surface area contributed by atoms with Crippen molar-refractivity contribution in [3.8, 4) is 0 Å². The van der Waals surface area contributed by atoms with E-state index in [0.717, 1.165) is 24.2 Å². The topological polar surface area (TPSA) is 244 Å². The Balaban J connectivity index is 0.828. The maximum absolute atomic E-state index is 14.2. The van der Waals surface area contributed by atoms with Crippen molar-refractivity contribution in [3.05, 3.63) is 35.3 Å². The van der Waals surface area contributed by atoms with Gasteiger partial charge in [-0.3, -0.25) is 4.79 Å². The number of hydrogen-bond donors (Lipinski definition) is 6. The second-order valence-electron chi connectivity index (χ2n) is 20.0. The first-order chi connectivity index (χ1) is 30.9. The third-order valence-corrected chi connectivity index (χ3v) is 16.0. The minimum absolute atomic E-state index is 0.0885. The van der Waals surface area contributed by atoms with Crippen LogP contribution in [0.3, 0.4) is 0 Å². The van der Waals surface area contributed by atoms with E-state index in [1.807, 2.05) is 19.9 Å². The van der Waals surface area contributed by atoms with Crippen molar-refractivity contribution in [2.75, 3.05) is 20.8 Å². The van der Waals surface area contributed by atoms with Crippen molar-refractivity contribution in [1.82, 2.24) is 0 Å². The van der Waals surface area contributed by atoms with Crippen molar-refractivity contribution >= 4 is 5.78 Å². The van der Waals surface area contributed by atoms with Crippen LogP contribution in [0.5, 0.6) is 0 Å². The van der Waals surface area contributed by atoms with Crippen LogP contribution in [-0.4, -0.2) is 174 Å². The highest BCUT2D eigenvalue weighted by atomic mass is 16.8. The molecule has 1 aromatic heterocycles. The zero-order valence-electron chi connectivity index (χ0n) is 38.8. The summed E-state index contributed by atoms with van der Waals surface area (Å²) in [5, 5.41) is 63.6. The van der Waals surface area contributed by atoms with Gasteiger partial charge in [0.25, 0.3) is 0 Å². The van der Waals surface area contributed by atoms with Gasteiger partial charge in [0.15, 0.2) is 25.2 Å². The molecule has 65 heavy (non-hydrogen) atoms. The standard InChI is InChI=1S/C47H72O18/c1-21-27(12-14-57-21)46(5)13-11-28-26(44(46)54)10-9-25-15-31(30(50)19-47(25,28)6)61-36-17-32(55-7)42(23(3)59-36)64-35-16-29(49)41(22(2)58-35)63-37-18-33(56-8)43(24(4)60-37)65-45-40(53)39(52)38(51)34(20-48)62-45/h9,12,14,22-24,26,28-43,45,48-53H,10-11,13,15-20H2,1-8H3/t22-,23-,24+,26-,28+,29+,30-,31-,32+,33-,34-,35+,36+,37+,38+,39+,40-,41-,42-,43+,45+,46-,47+/m1/s1. The maximum atomic E-state index is 14.2. The third kappa shape index (κ3) is 9.43. The van der Waals surface area contributed by atoms with Gasteiger partial charge in [-0.2, -0.15) is 0 Å². The molecular formula is C47H72O18. The second kappa shape index (κ2) is 19.8. The molecule has 0 bridgehead atoms. The fourth-order valence-electron chi connectivity index (χ4n) is 12.2. The van der Waals surface area contributed by atoms with E-state index in [1.54, 1.807) is 27.2 Å². The minimum atomic E-state index is -1.60. The number of fused-ring (bicyclic) bond motifs is 3. The molecule has 23 atom stereocenters. The number of carbonyl (C=O) groups excluding carboxylic acids is 1. The van der Waals surface area contributed by atoms with Gasteiger partial charge < -0.3 is 82.4 Å². The van der Waals surface area contributed by atoms with E-state index in [9.17, 15) is 35.4 Å². The first kappa shape index (κ1) is 49.5. The summed E-state index contributed by atoms with van der Waals surface area (Å²) in [7, 11) is 3.09. The molecule has 8 rings (SSSR count). The van der Waals surface area contributed by atoms with Gasteiger partial charge in [-0.25, -0.2) is 0 Å². The molecule has 18 heteroatoms. The highest BCUT2D eigenvalue weighted by Crippen LogP contribution is 2.59. The number of hydrogen-bond acceptors (Lipinski definition) is 18. The summed E-state index contributed by atoms with van der Waals surface area (Å²) in [6.45, 7) is 11.0. The number of aliphatic hydroxyl groups is 6. The zero-order chi connectivity index (χ0) is 46.7. The summed E-state index contributed by atoms with van der Waals surface area (Å²) in [5.41, 5.74) is 1.30. The molecule has 1 aromatic rings. The number of methoxy groups -OCH3 is 2. The van der Waals surface area contributed by atoms with Crippen molar-refractivity contribution < 1.29 is 87.2 Å². The number of ketones is 1. The van der Waals surface area contributed by atoms with Gasteiger partial charge in [0.2, 0.25) is 0 Å². The van der Waals surface area contributed by atoms with Gasteiger partial charge in [0.05, 0.1) is 67.1 Å². The second-order valence-corrected chi connectivity index (χ2v) is 20.0. The predicted octanol–water partition coefficient (Wildman–Crippen LogP) is 2.07. The van der Waals surface area contributed by atoms with E-state index in [-0.39, 0.29) is 35.9 Å². The number of furan rings is 1. The van der Waals surface area contributed by atoms with Gasteiger partial charge in [0, 0.05) is 45.0 Å². The van der Waals surface area contributed by atoms with Crippen LogP contribution >= 0.6 is 0 Å². The first-order valence-corrected chi connectivity index (χ1v) is 23.5. The summed E-state index contributed by atoms with van der Waals surface area (Å²) in [6.07, 6.45) is -8.95. The molecule has 0 aromatic carbocycles. The number of rotatable bonds is 12. The van der Waals surface area contributed by atoms with Crippen LogP contribution in [0.1, 0.15) is 97.3 Å². The Morgan fingerprint density at radius 3 is 1.94 bits per heavy atom. The van der Waals surface area contributed by atoms with E-state index >= 15 is 0 Å². The number of ether oxygens (including phenoxy) is 10. The highest BCUT2D eigenvalue weighted by Gasteiger charge is 2.58. The molecular weight excluding hydrogens is 852 g/mol. The molecule has 18 nitrogen and oxygen atoms in total. The first-order valence-electron chi connectivity index (χ1n) is 23.5. The monoisotopic (exact) mass is 924 g/mol. The molecule has 0 unspecified atom stereocenters. The largest absolute Gasteiger partial charge is 0.469 e. The Morgan fingerprint density at radius 1 is 0.738 bits per heavy atom. The third-order valence-electron chi connectivity index (χ3n) is 16.0. The molecule has 368 valence electrons. The van der Waals surface area contributed by atoms with Crippen molar-refractivity contribution in [3.63, 3.8) is 0 Å². The summed E-state index contributed by atoms with van der Waals surface area (Å²) in [5.74, 6) is 1.07. The van der Waals surface area contributed by atoms with Crippen LogP contribution in [0.25, 0.3) is 0 Å². The molecule has 0 amide bonds. The van der Waals surface area contributed by atoms with Crippen LogP contribution in [0, 0.1) is 24.2 Å². The van der Waals surface area contributed by atoms with Crippen LogP contribution < -0.4 is 0 Å². The summed E-state index contributed by atoms with van der Waals surface area (Å²) >= 11 is 0. The molecule has 2 saturated carbocycles. The van der Waals surface area contributed by atoms with Gasteiger partial charge in [-0.05, 0) is 84.1 Å². The highest BCUT2D eigenvalue weighted by molar-refractivity contribution is 5.93. The Morgan fingerprint density at radius 2 is 1.34 bits per heavy atom. The molecule has 6 fully saturated rings. The average molecular weight is 925 g/mol. The van der Waals surface area contributed by atoms with E-state index < -0.39 is 129 Å². The van der Waals surface area contributed by atoms with E-state index in [0.29, 0.717) is 25.7 Å². The Kier molecular flexibility index (Phi) is 15.1. The predicted molar refractivity (Wildman–Crippen MR) is 226 cm³/mol. The molecule has 6 N–H and O–H groups in total. The molecule has 0 radical (unpaired) electrons. The minimum Gasteiger partial charge on any atom is -0.469 e. The Bertz CT molecular complexity index is 1790. The van der Waals surface area contributed by atoms with Gasteiger partial charge in [-0.1, -0.05) is 18.6 Å². The smallest absolute Gasteiger partial charge is 0.187 e. The van der Waals surface area contributed by atoms with E-state index in [4.69, 9.17) is 51.8 Å². The maximum Gasteiger partial charge on any atom is 0.187 e. The normalized spacial score (nSPS) is 49.5. The molecule has 4 aliphatic heterocycles. The summed E-state index contributed by atoms with van der Waals surface area (Å²) < 4.78 is 66.9. The fourth-order valence-corrected chi connectivity index (χ4v) is 12.2. The zero-order valence-corrected chi connectivity index (χ0v) is 38.8. The van der Waals surface area contributed by atoms with Crippen LogP contribution in [0.4, 0.5) is 0 Å². The van der Waals surface area contributed by atoms with Crippen molar-refractivity contribution in [2.24, 2.45) is 17.3 Å². The summed E-state index contributed by atoms with van der Waals surface area (Å²) in [6, 6.07) is 1.94. The van der Waals surface area contributed by atoms with Crippen LogP contribution in [0.15, 0.2) is 28.4 Å². The van der Waals surface area contributed by atoms with Gasteiger partial charge in [0.1, 0.15) is 54.3 Å². The number of aliphatic hydroxyl groups excluding tert-OH is 6. The molecule has 3 aliphatic carbocycles. The molecule has 5 heterocycles. The molecule has 7 aliphatic rings. The fraction of sp³-hybridized carbons (Fsp3) is 0.851. The lowest BCUT2D eigenvalue weighted by Gasteiger charge is -2.55. The molecule has 4 saturated heterocycles. The lowest BCUT2D eigenvalue weighted by molar-refractivity contribution is -0.356. The number of Topliss-reactive ketones (excluding diaryl/α,β-unsaturated/α-hetero) is 1. The van der Waals surface area contributed by atoms with Gasteiger partial charge >= 0.3 is 0 Å². The molecule has 0 spiro atoms. The lowest BCUT2D eigenvalue weighted by atomic mass is 9.49. The SMILES string of the molecule is CO[C@H]1C[C@H](O[C@@H]2CC3=CC[C@H]4C(=O)[C@@](C)(c5ccoc5C)CC[C@@H]4[C@@]3(C)C[C@H]2O)O[C@H](C)[C@H]1O[C@H]1C[C@H](O)[C@H](O[C@H]2C[C@@H](OC)[C@@H](O[C@@H]3O[C@H](CO)[C@H](O)[C@H](O)[C@H]3O)[C@H](C)O2)[C@@H](C)O1. The van der Waals surface area contributed by atoms with Crippen LogP contribution in [0.2, 0.25) is 0 Å². The van der Waals surface area contributed by atoms with E-state index in [1.165, 1.54) is 12.7 Å². The lowest BCUT2D eigenvalue weighted by Crippen LogP contribution is -2.62. The quantitative estimate of drug-likeness (QED) is 0.164. The van der Waals surface area contributed by atoms with Crippen molar-refractivity contribution in [2.45, 2.75) is 215 Å². The van der Waals surface area contributed by atoms with Crippen molar-refractivity contribution in [1.29, 1.82) is 0 Å². The summed E-state index contributed by atoms with van der Waals surface area (Å²) in [4.78, 5) is 14.2. The number of allylic oxidation sites excluding steroid dienone is 1. The Hall–Kier alpha value is -1.95.